The molecular weight excluding hydrogens is 346 g/mol. The van der Waals surface area contributed by atoms with Crippen molar-refractivity contribution < 1.29 is 29.2 Å². The van der Waals surface area contributed by atoms with Gasteiger partial charge in [0, 0.05) is 29.9 Å². The number of aliphatic hydroxyl groups excluding tert-OH is 1. The number of esters is 1. The molecule has 0 fully saturated rings. The zero-order valence-corrected chi connectivity index (χ0v) is 14.1. The third-order valence-corrected chi connectivity index (χ3v) is 3.81. The van der Waals surface area contributed by atoms with E-state index in [0.29, 0.717) is 0 Å². The standard InChI is InChI=1S/C16H17N3O7/c1-9(21)11-7-10(19(24)25)3-4-13(11)17-14-12(16(23)26-2)8-18(5-6-20)15(14)22/h3-4,7,17,20H,5-6,8H2,1-2H3. The molecule has 0 spiro atoms. The summed E-state index contributed by atoms with van der Waals surface area (Å²) in [7, 11) is 1.17. The molecule has 138 valence electrons. The van der Waals surface area contributed by atoms with Crippen molar-refractivity contribution in [2.75, 3.05) is 32.1 Å². The number of carbonyl (C=O) groups excluding carboxylic acids is 3. The fraction of sp³-hybridized carbons (Fsp3) is 0.312. The molecule has 1 amide bonds. The lowest BCUT2D eigenvalue weighted by atomic mass is 10.1. The average molecular weight is 363 g/mol. The number of Topliss-reactive ketones (excluding diaryl/α,β-unsaturated/α-hetero) is 1. The van der Waals surface area contributed by atoms with Gasteiger partial charge in [0.2, 0.25) is 0 Å². The number of nitrogens with one attached hydrogen (secondary N) is 1. The first-order valence-corrected chi connectivity index (χ1v) is 7.58. The number of β-amino-alcohol motifs (C(OH)–C–C–N with tert-alkyl or cyclic N) is 1. The van der Waals surface area contributed by atoms with E-state index in [0.717, 1.165) is 6.07 Å². The number of nitro benzene ring substituents is 1. The zero-order chi connectivity index (χ0) is 19.4. The van der Waals surface area contributed by atoms with Crippen molar-refractivity contribution in [2.45, 2.75) is 6.92 Å². The van der Waals surface area contributed by atoms with Gasteiger partial charge in [0.05, 0.1) is 30.8 Å². The number of carbonyl (C=O) groups is 3. The minimum Gasteiger partial charge on any atom is -0.466 e. The molecule has 0 saturated heterocycles. The van der Waals surface area contributed by atoms with E-state index in [1.807, 2.05) is 0 Å². The summed E-state index contributed by atoms with van der Waals surface area (Å²) < 4.78 is 4.67. The molecule has 2 rings (SSSR count). The highest BCUT2D eigenvalue weighted by atomic mass is 16.6. The van der Waals surface area contributed by atoms with Crippen molar-refractivity contribution in [1.82, 2.24) is 4.90 Å². The highest BCUT2D eigenvalue weighted by molar-refractivity contribution is 6.10. The van der Waals surface area contributed by atoms with E-state index in [9.17, 15) is 24.5 Å². The second-order valence-corrected chi connectivity index (χ2v) is 5.46. The number of benzene rings is 1. The summed E-state index contributed by atoms with van der Waals surface area (Å²) in [6.07, 6.45) is 0. The van der Waals surface area contributed by atoms with Crippen LogP contribution in [0.2, 0.25) is 0 Å². The van der Waals surface area contributed by atoms with E-state index >= 15 is 0 Å². The Morgan fingerprint density at radius 2 is 2.12 bits per heavy atom. The van der Waals surface area contributed by atoms with Gasteiger partial charge in [0.1, 0.15) is 5.70 Å². The van der Waals surface area contributed by atoms with Crippen LogP contribution < -0.4 is 5.32 Å². The number of hydrogen-bond acceptors (Lipinski definition) is 8. The molecule has 10 heteroatoms. The predicted octanol–water partition coefficient (Wildman–Crippen LogP) is 0.471. The summed E-state index contributed by atoms with van der Waals surface area (Å²) in [5.74, 6) is -1.73. The number of methoxy groups -OCH3 is 1. The van der Waals surface area contributed by atoms with Crippen molar-refractivity contribution in [2.24, 2.45) is 0 Å². The molecule has 1 aromatic carbocycles. The van der Waals surface area contributed by atoms with Crippen LogP contribution in [0.5, 0.6) is 0 Å². The lowest BCUT2D eigenvalue weighted by Gasteiger charge is -2.15. The number of rotatable bonds is 7. The topological polar surface area (TPSA) is 139 Å². The van der Waals surface area contributed by atoms with E-state index in [2.05, 4.69) is 10.1 Å². The van der Waals surface area contributed by atoms with E-state index in [1.165, 1.54) is 31.1 Å². The second kappa shape index (κ2) is 7.74. The Balaban J connectivity index is 2.46. The quantitative estimate of drug-likeness (QED) is 0.308. The van der Waals surface area contributed by atoms with Gasteiger partial charge in [-0.15, -0.1) is 0 Å². The molecule has 1 aromatic rings. The van der Waals surface area contributed by atoms with Crippen LogP contribution in [-0.4, -0.2) is 59.4 Å². The number of hydrogen-bond donors (Lipinski definition) is 2. The Morgan fingerprint density at radius 3 is 2.65 bits per heavy atom. The fourth-order valence-corrected chi connectivity index (χ4v) is 2.53. The van der Waals surface area contributed by atoms with Crippen LogP contribution in [0.3, 0.4) is 0 Å². The van der Waals surface area contributed by atoms with Gasteiger partial charge in [0.15, 0.2) is 5.78 Å². The van der Waals surface area contributed by atoms with E-state index in [-0.39, 0.29) is 47.9 Å². The maximum Gasteiger partial charge on any atom is 0.337 e. The lowest BCUT2D eigenvalue weighted by Crippen LogP contribution is -2.31. The van der Waals surface area contributed by atoms with Gasteiger partial charge in [-0.2, -0.15) is 0 Å². The van der Waals surface area contributed by atoms with Crippen LogP contribution >= 0.6 is 0 Å². The minimum absolute atomic E-state index is 0.00400. The molecule has 1 aliphatic heterocycles. The molecule has 26 heavy (non-hydrogen) atoms. The van der Waals surface area contributed by atoms with Crippen LogP contribution in [0, 0.1) is 10.1 Å². The Kier molecular flexibility index (Phi) is 5.68. The van der Waals surface area contributed by atoms with E-state index in [1.54, 1.807) is 0 Å². The molecule has 0 radical (unpaired) electrons. The minimum atomic E-state index is -0.729. The van der Waals surface area contributed by atoms with Crippen molar-refractivity contribution >= 4 is 29.0 Å². The third kappa shape index (κ3) is 3.70. The monoisotopic (exact) mass is 363 g/mol. The molecule has 1 aliphatic rings. The van der Waals surface area contributed by atoms with Gasteiger partial charge in [0.25, 0.3) is 11.6 Å². The van der Waals surface area contributed by atoms with Crippen LogP contribution in [0.4, 0.5) is 11.4 Å². The molecule has 0 aromatic heterocycles. The van der Waals surface area contributed by atoms with Crippen LogP contribution in [0.1, 0.15) is 17.3 Å². The predicted molar refractivity (Wildman–Crippen MR) is 89.4 cm³/mol. The summed E-state index contributed by atoms with van der Waals surface area (Å²) in [5.41, 5.74) is -0.175. The van der Waals surface area contributed by atoms with Crippen molar-refractivity contribution in [3.8, 4) is 0 Å². The molecular formula is C16H17N3O7. The van der Waals surface area contributed by atoms with Crippen LogP contribution in [0.15, 0.2) is 29.5 Å². The van der Waals surface area contributed by atoms with Gasteiger partial charge >= 0.3 is 5.97 Å². The van der Waals surface area contributed by atoms with Crippen LogP contribution in [0.25, 0.3) is 0 Å². The summed E-state index contributed by atoms with van der Waals surface area (Å²) in [4.78, 5) is 47.8. The number of anilines is 1. The largest absolute Gasteiger partial charge is 0.466 e. The normalized spacial score (nSPS) is 13.8. The maximum atomic E-state index is 12.5. The van der Waals surface area contributed by atoms with Crippen molar-refractivity contribution in [1.29, 1.82) is 0 Å². The smallest absolute Gasteiger partial charge is 0.337 e. The molecule has 0 unspecified atom stereocenters. The zero-order valence-electron chi connectivity index (χ0n) is 14.1. The van der Waals surface area contributed by atoms with Crippen molar-refractivity contribution in [3.63, 3.8) is 0 Å². The first-order valence-electron chi connectivity index (χ1n) is 7.58. The lowest BCUT2D eigenvalue weighted by molar-refractivity contribution is -0.384. The van der Waals surface area contributed by atoms with Crippen LogP contribution in [-0.2, 0) is 14.3 Å². The summed E-state index contributed by atoms with van der Waals surface area (Å²) in [5, 5.41) is 22.7. The Bertz CT molecular complexity index is 816. The maximum absolute atomic E-state index is 12.5. The van der Waals surface area contributed by atoms with E-state index < -0.39 is 22.6 Å². The molecule has 0 bridgehead atoms. The third-order valence-electron chi connectivity index (χ3n) is 3.81. The SMILES string of the molecule is COC(=O)C1=C(Nc2ccc([N+](=O)[O-])cc2C(C)=O)C(=O)N(CCO)C1. The number of non-ortho nitro benzene ring substituents is 1. The number of nitro groups is 1. The highest BCUT2D eigenvalue weighted by Gasteiger charge is 2.35. The highest BCUT2D eigenvalue weighted by Crippen LogP contribution is 2.27. The first-order chi connectivity index (χ1) is 12.3. The molecule has 0 aliphatic carbocycles. The van der Waals surface area contributed by atoms with Gasteiger partial charge in [-0.05, 0) is 13.0 Å². The van der Waals surface area contributed by atoms with Gasteiger partial charge < -0.3 is 20.1 Å². The first kappa shape index (κ1) is 19.1. The number of ether oxygens (including phenoxy) is 1. The second-order valence-electron chi connectivity index (χ2n) is 5.46. The number of aliphatic hydroxyl groups is 1. The number of nitrogens with zero attached hydrogens (tertiary/aromatic N) is 2. The fourth-order valence-electron chi connectivity index (χ4n) is 2.53. The summed E-state index contributed by atoms with van der Waals surface area (Å²) in [6, 6.07) is 3.56. The summed E-state index contributed by atoms with van der Waals surface area (Å²) >= 11 is 0. The summed E-state index contributed by atoms with van der Waals surface area (Å²) in [6.45, 7) is 0.902. The Morgan fingerprint density at radius 1 is 1.42 bits per heavy atom. The number of amides is 1. The molecule has 1 heterocycles. The Hall–Kier alpha value is -3.27. The Labute approximate surface area is 148 Å². The average Bonchev–Trinajstić information content (AvgIpc) is 2.91. The van der Waals surface area contributed by atoms with Gasteiger partial charge in [-0.3, -0.25) is 19.7 Å². The molecule has 0 atom stereocenters. The van der Waals surface area contributed by atoms with Gasteiger partial charge in [-0.25, -0.2) is 4.79 Å². The molecule has 10 nitrogen and oxygen atoms in total. The van der Waals surface area contributed by atoms with Crippen molar-refractivity contribution in [3.05, 3.63) is 45.1 Å². The molecule has 2 N–H and O–H groups in total. The number of ketones is 1. The van der Waals surface area contributed by atoms with E-state index in [4.69, 9.17) is 5.11 Å². The van der Waals surface area contributed by atoms with Gasteiger partial charge in [-0.1, -0.05) is 0 Å². The molecule has 0 saturated carbocycles.